The number of aromatic nitrogens is 1. The van der Waals surface area contributed by atoms with Crippen LogP contribution >= 0.6 is 24.8 Å². The number of fused-ring (bicyclic) bond motifs is 1. The van der Waals surface area contributed by atoms with Crippen molar-refractivity contribution < 1.29 is 4.79 Å². The highest BCUT2D eigenvalue weighted by Crippen LogP contribution is 2.24. The minimum absolute atomic E-state index is 0. The molecule has 2 heterocycles. The van der Waals surface area contributed by atoms with E-state index in [2.05, 4.69) is 4.98 Å². The largest absolute Gasteiger partial charge is 0.310 e. The van der Waals surface area contributed by atoms with E-state index in [0.717, 1.165) is 24.3 Å². The monoisotopic (exact) mass is 234 g/mol. The van der Waals surface area contributed by atoms with Gasteiger partial charge in [-0.15, -0.1) is 24.8 Å². The van der Waals surface area contributed by atoms with Crippen LogP contribution < -0.4 is 4.90 Å². The van der Waals surface area contributed by atoms with Gasteiger partial charge in [0.1, 0.15) is 0 Å². The third-order valence-corrected chi connectivity index (χ3v) is 2.11. The van der Waals surface area contributed by atoms with Crippen molar-refractivity contribution in [2.45, 2.75) is 13.3 Å². The molecule has 1 aliphatic heterocycles. The van der Waals surface area contributed by atoms with Crippen LogP contribution in [0.4, 0.5) is 5.69 Å². The zero-order valence-electron chi connectivity index (χ0n) is 7.77. The van der Waals surface area contributed by atoms with Gasteiger partial charge in [-0.05, 0) is 12.1 Å². The summed E-state index contributed by atoms with van der Waals surface area (Å²) < 4.78 is 0. The molecule has 1 aliphatic rings. The molecule has 0 aromatic carbocycles. The van der Waals surface area contributed by atoms with Crippen LogP contribution in [0.15, 0.2) is 18.3 Å². The standard InChI is InChI=1S/C9H10N2O.2ClH/c1-7(12)11-6-4-8-9(11)3-2-5-10-8;;/h2-3,5H,4,6H2,1H3;2*1H. The number of hydrogen-bond donors (Lipinski definition) is 0. The van der Waals surface area contributed by atoms with E-state index >= 15 is 0 Å². The second-order valence-corrected chi connectivity index (χ2v) is 2.89. The second-order valence-electron chi connectivity index (χ2n) is 2.89. The highest BCUT2D eigenvalue weighted by atomic mass is 35.5. The summed E-state index contributed by atoms with van der Waals surface area (Å²) in [7, 11) is 0. The Balaban J connectivity index is 0.000000845. The first kappa shape index (κ1) is 13.2. The Bertz CT molecular complexity index is 330. The summed E-state index contributed by atoms with van der Waals surface area (Å²) in [6.45, 7) is 2.36. The molecule has 0 N–H and O–H groups in total. The predicted molar refractivity (Wildman–Crippen MR) is 60.5 cm³/mol. The first-order valence-electron chi connectivity index (χ1n) is 4.01. The Morgan fingerprint density at radius 1 is 1.50 bits per heavy atom. The Morgan fingerprint density at radius 2 is 2.21 bits per heavy atom. The average Bonchev–Trinajstić information content (AvgIpc) is 2.47. The van der Waals surface area contributed by atoms with Crippen molar-refractivity contribution in [1.29, 1.82) is 0 Å². The predicted octanol–water partition coefficient (Wildman–Crippen LogP) is 1.83. The van der Waals surface area contributed by atoms with Gasteiger partial charge in [0, 0.05) is 26.1 Å². The van der Waals surface area contributed by atoms with Crippen molar-refractivity contribution in [1.82, 2.24) is 4.98 Å². The molecule has 0 spiro atoms. The minimum atomic E-state index is 0. The number of carbonyl (C=O) groups excluding carboxylic acids is 1. The number of anilines is 1. The van der Waals surface area contributed by atoms with Crippen molar-refractivity contribution in [2.75, 3.05) is 11.4 Å². The normalized spacial score (nSPS) is 12.5. The first-order valence-corrected chi connectivity index (χ1v) is 4.01. The molecular formula is C9H12Cl2N2O. The van der Waals surface area contributed by atoms with Crippen LogP contribution in [0.3, 0.4) is 0 Å². The number of halogens is 2. The number of hydrogen-bond acceptors (Lipinski definition) is 2. The summed E-state index contributed by atoms with van der Waals surface area (Å²) in [6, 6.07) is 3.80. The Labute approximate surface area is 95.3 Å². The van der Waals surface area contributed by atoms with Crippen molar-refractivity contribution in [3.05, 3.63) is 24.0 Å². The summed E-state index contributed by atoms with van der Waals surface area (Å²) in [6.07, 6.45) is 2.65. The molecule has 0 unspecified atom stereocenters. The maximum absolute atomic E-state index is 11.1. The van der Waals surface area contributed by atoms with E-state index in [-0.39, 0.29) is 30.7 Å². The van der Waals surface area contributed by atoms with Gasteiger partial charge in [0.05, 0.1) is 11.4 Å². The molecule has 0 atom stereocenters. The van der Waals surface area contributed by atoms with E-state index in [1.807, 2.05) is 12.1 Å². The number of amides is 1. The molecule has 5 heteroatoms. The van der Waals surface area contributed by atoms with Gasteiger partial charge in [-0.25, -0.2) is 0 Å². The van der Waals surface area contributed by atoms with Crippen LogP contribution in [0.2, 0.25) is 0 Å². The van der Waals surface area contributed by atoms with E-state index in [0.29, 0.717) is 0 Å². The van der Waals surface area contributed by atoms with E-state index in [1.165, 1.54) is 0 Å². The number of carbonyl (C=O) groups is 1. The molecule has 78 valence electrons. The molecule has 0 saturated carbocycles. The van der Waals surface area contributed by atoms with Gasteiger partial charge in [0.15, 0.2) is 0 Å². The van der Waals surface area contributed by atoms with Gasteiger partial charge in [-0.2, -0.15) is 0 Å². The van der Waals surface area contributed by atoms with Crippen LogP contribution in [0.5, 0.6) is 0 Å². The molecule has 1 amide bonds. The first-order chi connectivity index (χ1) is 5.79. The van der Waals surface area contributed by atoms with Crippen LogP contribution in [-0.2, 0) is 11.2 Å². The van der Waals surface area contributed by atoms with Crippen molar-refractivity contribution in [2.24, 2.45) is 0 Å². The zero-order valence-corrected chi connectivity index (χ0v) is 9.40. The molecule has 0 aliphatic carbocycles. The molecule has 0 saturated heterocycles. The van der Waals surface area contributed by atoms with Crippen molar-refractivity contribution in [3.63, 3.8) is 0 Å². The van der Waals surface area contributed by atoms with E-state index in [1.54, 1.807) is 18.0 Å². The lowest BCUT2D eigenvalue weighted by Crippen LogP contribution is -2.25. The molecule has 14 heavy (non-hydrogen) atoms. The van der Waals surface area contributed by atoms with Crippen molar-refractivity contribution in [3.8, 4) is 0 Å². The SMILES string of the molecule is CC(=O)N1CCc2ncccc21.Cl.Cl. The molecule has 3 nitrogen and oxygen atoms in total. The lowest BCUT2D eigenvalue weighted by Gasteiger charge is -2.13. The summed E-state index contributed by atoms with van der Waals surface area (Å²) in [5.74, 6) is 0.0988. The maximum Gasteiger partial charge on any atom is 0.223 e. The van der Waals surface area contributed by atoms with E-state index < -0.39 is 0 Å². The molecule has 1 aromatic heterocycles. The third-order valence-electron chi connectivity index (χ3n) is 2.11. The fourth-order valence-electron chi connectivity index (χ4n) is 1.53. The number of pyridine rings is 1. The molecule has 0 bridgehead atoms. The average molecular weight is 235 g/mol. The van der Waals surface area contributed by atoms with Crippen LogP contribution in [0.1, 0.15) is 12.6 Å². The van der Waals surface area contributed by atoms with Gasteiger partial charge in [0.25, 0.3) is 0 Å². The van der Waals surface area contributed by atoms with Crippen LogP contribution in [0, 0.1) is 0 Å². The zero-order chi connectivity index (χ0) is 8.55. The van der Waals surface area contributed by atoms with Crippen molar-refractivity contribution >= 4 is 36.4 Å². The third kappa shape index (κ3) is 2.16. The lowest BCUT2D eigenvalue weighted by atomic mass is 10.3. The number of nitrogens with zero attached hydrogens (tertiary/aromatic N) is 2. The van der Waals surface area contributed by atoms with Gasteiger partial charge >= 0.3 is 0 Å². The summed E-state index contributed by atoms with van der Waals surface area (Å²) in [4.78, 5) is 17.1. The number of rotatable bonds is 0. The van der Waals surface area contributed by atoms with Gasteiger partial charge in [0.2, 0.25) is 5.91 Å². The van der Waals surface area contributed by atoms with Gasteiger partial charge in [-0.3, -0.25) is 9.78 Å². The minimum Gasteiger partial charge on any atom is -0.310 e. The summed E-state index contributed by atoms with van der Waals surface area (Å²) in [5.41, 5.74) is 2.01. The van der Waals surface area contributed by atoms with Crippen LogP contribution in [0.25, 0.3) is 0 Å². The Hall–Kier alpha value is -0.800. The van der Waals surface area contributed by atoms with Gasteiger partial charge < -0.3 is 4.90 Å². The molecular weight excluding hydrogens is 223 g/mol. The smallest absolute Gasteiger partial charge is 0.223 e. The summed E-state index contributed by atoms with van der Waals surface area (Å²) in [5, 5.41) is 0. The molecule has 1 aromatic rings. The quantitative estimate of drug-likeness (QED) is 0.687. The maximum atomic E-state index is 11.1. The highest BCUT2D eigenvalue weighted by Gasteiger charge is 2.21. The second kappa shape index (κ2) is 5.17. The van der Waals surface area contributed by atoms with Crippen LogP contribution in [-0.4, -0.2) is 17.4 Å². The Kier molecular flexibility index (Phi) is 4.88. The topological polar surface area (TPSA) is 33.2 Å². The fourth-order valence-corrected chi connectivity index (χ4v) is 1.53. The van der Waals surface area contributed by atoms with E-state index in [4.69, 9.17) is 0 Å². The molecule has 0 radical (unpaired) electrons. The molecule has 0 fully saturated rings. The Morgan fingerprint density at radius 3 is 2.86 bits per heavy atom. The lowest BCUT2D eigenvalue weighted by molar-refractivity contribution is -0.116. The van der Waals surface area contributed by atoms with Gasteiger partial charge in [-0.1, -0.05) is 0 Å². The molecule has 2 rings (SSSR count). The highest BCUT2D eigenvalue weighted by molar-refractivity contribution is 5.93. The summed E-state index contributed by atoms with van der Waals surface area (Å²) >= 11 is 0. The van der Waals surface area contributed by atoms with E-state index in [9.17, 15) is 4.79 Å². The fraction of sp³-hybridized carbons (Fsp3) is 0.333.